The molecule has 0 aliphatic heterocycles. The van der Waals surface area contributed by atoms with E-state index in [-0.39, 0.29) is 11.5 Å². The van der Waals surface area contributed by atoms with Gasteiger partial charge in [-0.2, -0.15) is 0 Å². The topological polar surface area (TPSA) is 38.3 Å². The van der Waals surface area contributed by atoms with E-state index < -0.39 is 5.60 Å². The number of hydrogen-bond donors (Lipinski definition) is 1. The van der Waals surface area contributed by atoms with Crippen molar-refractivity contribution in [2.24, 2.45) is 11.3 Å². The zero-order valence-electron chi connectivity index (χ0n) is 11.1. The van der Waals surface area contributed by atoms with E-state index in [2.05, 4.69) is 33.0 Å². The summed E-state index contributed by atoms with van der Waals surface area (Å²) < 4.78 is 5.16. The number of carbonyl (C=O) groups excluding carboxylic acids is 1. The molecule has 90 valence electrons. The number of nitrogens with one attached hydrogen (secondary N) is 1. The van der Waals surface area contributed by atoms with Crippen LogP contribution in [0.3, 0.4) is 0 Å². The molecular formula is C12H25NO2. The molecule has 0 heterocycles. The Bertz CT molecular complexity index is 214. The molecular weight excluding hydrogens is 190 g/mol. The summed E-state index contributed by atoms with van der Waals surface area (Å²) in [6, 6.07) is 0. The Kier molecular flexibility index (Phi) is 4.63. The molecule has 0 rings (SSSR count). The molecule has 1 amide bonds. The Labute approximate surface area is 93.6 Å². The van der Waals surface area contributed by atoms with Crippen LogP contribution in [0.4, 0.5) is 4.79 Å². The molecule has 3 nitrogen and oxygen atoms in total. The minimum atomic E-state index is -0.425. The smallest absolute Gasteiger partial charge is 0.407 e. The predicted octanol–water partition coefficient (Wildman–Crippen LogP) is 3.19. The Hall–Kier alpha value is -0.730. The Morgan fingerprint density at radius 1 is 1.20 bits per heavy atom. The number of hydrogen-bond acceptors (Lipinski definition) is 2. The summed E-state index contributed by atoms with van der Waals surface area (Å²) in [6.45, 7) is 14.8. The first-order chi connectivity index (χ1) is 6.54. The number of amides is 1. The average molecular weight is 215 g/mol. The molecule has 3 heteroatoms. The lowest BCUT2D eigenvalue weighted by molar-refractivity contribution is 0.0495. The summed E-state index contributed by atoms with van der Waals surface area (Å²) in [5, 5.41) is 2.80. The number of ether oxygens (including phenoxy) is 1. The maximum absolute atomic E-state index is 11.4. The van der Waals surface area contributed by atoms with Crippen molar-refractivity contribution in [2.45, 2.75) is 54.1 Å². The van der Waals surface area contributed by atoms with Gasteiger partial charge >= 0.3 is 6.09 Å². The zero-order chi connectivity index (χ0) is 12.3. The zero-order valence-corrected chi connectivity index (χ0v) is 11.1. The SMILES string of the molecule is CC(C)C(C)(C)CNC(=O)OC(C)(C)C. The third kappa shape index (κ3) is 6.37. The molecule has 0 radical (unpaired) electrons. The van der Waals surface area contributed by atoms with Crippen molar-refractivity contribution in [3.8, 4) is 0 Å². The molecule has 0 aromatic heterocycles. The highest BCUT2D eigenvalue weighted by Crippen LogP contribution is 2.24. The maximum Gasteiger partial charge on any atom is 0.407 e. The molecule has 0 saturated carbocycles. The summed E-state index contributed by atoms with van der Waals surface area (Å²) in [5.74, 6) is 0.521. The summed E-state index contributed by atoms with van der Waals surface area (Å²) in [5.41, 5.74) is -0.330. The monoisotopic (exact) mass is 215 g/mol. The lowest BCUT2D eigenvalue weighted by atomic mass is 9.81. The number of alkyl carbamates (subject to hydrolysis) is 1. The van der Waals surface area contributed by atoms with Gasteiger partial charge in [-0.1, -0.05) is 27.7 Å². The van der Waals surface area contributed by atoms with Crippen molar-refractivity contribution in [1.29, 1.82) is 0 Å². The van der Waals surface area contributed by atoms with Crippen molar-refractivity contribution < 1.29 is 9.53 Å². The molecule has 0 aliphatic carbocycles. The van der Waals surface area contributed by atoms with Gasteiger partial charge in [0, 0.05) is 6.54 Å². The lowest BCUT2D eigenvalue weighted by Gasteiger charge is -2.30. The molecule has 0 unspecified atom stereocenters. The molecule has 1 N–H and O–H groups in total. The third-order valence-corrected chi connectivity index (χ3v) is 2.65. The van der Waals surface area contributed by atoms with Gasteiger partial charge in [-0.25, -0.2) is 4.79 Å². The lowest BCUT2D eigenvalue weighted by Crippen LogP contribution is -2.39. The van der Waals surface area contributed by atoms with Gasteiger partial charge in [-0.3, -0.25) is 0 Å². The van der Waals surface area contributed by atoms with Crippen molar-refractivity contribution in [1.82, 2.24) is 5.32 Å². The summed E-state index contributed by atoms with van der Waals surface area (Å²) in [6.07, 6.45) is -0.337. The van der Waals surface area contributed by atoms with Crippen LogP contribution in [-0.4, -0.2) is 18.2 Å². The van der Waals surface area contributed by atoms with Crippen molar-refractivity contribution in [2.75, 3.05) is 6.54 Å². The first-order valence-corrected chi connectivity index (χ1v) is 5.51. The standard InChI is InChI=1S/C12H25NO2/c1-9(2)12(6,7)8-13-10(14)15-11(3,4)5/h9H,8H2,1-7H3,(H,13,14). The predicted molar refractivity (Wildman–Crippen MR) is 62.9 cm³/mol. The summed E-state index contributed by atoms with van der Waals surface area (Å²) >= 11 is 0. The van der Waals surface area contributed by atoms with Gasteiger partial charge in [-0.15, -0.1) is 0 Å². The van der Waals surface area contributed by atoms with Crippen LogP contribution in [0.1, 0.15) is 48.5 Å². The maximum atomic E-state index is 11.4. The number of rotatable bonds is 3. The van der Waals surface area contributed by atoms with E-state index >= 15 is 0 Å². The van der Waals surface area contributed by atoms with E-state index in [1.165, 1.54) is 0 Å². The van der Waals surface area contributed by atoms with E-state index in [4.69, 9.17) is 4.74 Å². The molecule has 0 spiro atoms. The number of carbonyl (C=O) groups is 1. The van der Waals surface area contributed by atoms with Crippen molar-refractivity contribution in [3.05, 3.63) is 0 Å². The van der Waals surface area contributed by atoms with Crippen molar-refractivity contribution >= 4 is 6.09 Å². The first kappa shape index (κ1) is 14.3. The van der Waals surface area contributed by atoms with Crippen LogP contribution in [0.2, 0.25) is 0 Å². The van der Waals surface area contributed by atoms with Crippen LogP contribution in [0, 0.1) is 11.3 Å². The van der Waals surface area contributed by atoms with Gasteiger partial charge in [0.05, 0.1) is 0 Å². The van der Waals surface area contributed by atoms with Crippen LogP contribution in [0.5, 0.6) is 0 Å². The van der Waals surface area contributed by atoms with Gasteiger partial charge in [0.2, 0.25) is 0 Å². The van der Waals surface area contributed by atoms with E-state index in [1.54, 1.807) is 0 Å². The van der Waals surface area contributed by atoms with Gasteiger partial charge in [0.1, 0.15) is 5.60 Å². The van der Waals surface area contributed by atoms with E-state index in [0.717, 1.165) is 0 Å². The van der Waals surface area contributed by atoms with Gasteiger partial charge in [0.25, 0.3) is 0 Å². The molecule has 0 bridgehead atoms. The Morgan fingerprint density at radius 2 is 1.67 bits per heavy atom. The Balaban J connectivity index is 4.02. The molecule has 0 fully saturated rings. The molecule has 0 aliphatic rings. The fourth-order valence-corrected chi connectivity index (χ4v) is 0.818. The highest BCUT2D eigenvalue weighted by molar-refractivity contribution is 5.67. The van der Waals surface area contributed by atoms with E-state index in [9.17, 15) is 4.79 Å². The molecule has 0 aromatic carbocycles. The highest BCUT2D eigenvalue weighted by atomic mass is 16.6. The van der Waals surface area contributed by atoms with Crippen molar-refractivity contribution in [3.63, 3.8) is 0 Å². The summed E-state index contributed by atoms with van der Waals surface area (Å²) in [4.78, 5) is 11.4. The molecule has 0 atom stereocenters. The van der Waals surface area contributed by atoms with Gasteiger partial charge < -0.3 is 10.1 Å². The molecule has 0 saturated heterocycles. The second-order valence-electron chi connectivity index (χ2n) is 6.00. The minimum absolute atomic E-state index is 0.0942. The average Bonchev–Trinajstić information content (AvgIpc) is 1.97. The Morgan fingerprint density at radius 3 is 2.00 bits per heavy atom. The normalized spacial score (nSPS) is 12.8. The third-order valence-electron chi connectivity index (χ3n) is 2.65. The first-order valence-electron chi connectivity index (χ1n) is 5.51. The quantitative estimate of drug-likeness (QED) is 0.785. The largest absolute Gasteiger partial charge is 0.444 e. The summed E-state index contributed by atoms with van der Waals surface area (Å²) in [7, 11) is 0. The highest BCUT2D eigenvalue weighted by Gasteiger charge is 2.24. The van der Waals surface area contributed by atoms with Crippen LogP contribution in [0.15, 0.2) is 0 Å². The van der Waals surface area contributed by atoms with Crippen LogP contribution in [-0.2, 0) is 4.74 Å². The fraction of sp³-hybridized carbons (Fsp3) is 0.917. The molecule has 0 aromatic rings. The second-order valence-corrected chi connectivity index (χ2v) is 6.00. The fourth-order valence-electron chi connectivity index (χ4n) is 0.818. The van der Waals surface area contributed by atoms with E-state index in [1.807, 2.05) is 20.8 Å². The molecule has 15 heavy (non-hydrogen) atoms. The van der Waals surface area contributed by atoms with Gasteiger partial charge in [0.15, 0.2) is 0 Å². The van der Waals surface area contributed by atoms with Gasteiger partial charge in [-0.05, 0) is 32.1 Å². The second kappa shape index (κ2) is 4.86. The minimum Gasteiger partial charge on any atom is -0.444 e. The van der Waals surface area contributed by atoms with E-state index in [0.29, 0.717) is 12.5 Å². The van der Waals surface area contributed by atoms with Crippen LogP contribution in [0.25, 0.3) is 0 Å². The van der Waals surface area contributed by atoms with Crippen LogP contribution < -0.4 is 5.32 Å². The van der Waals surface area contributed by atoms with Crippen LogP contribution >= 0.6 is 0 Å².